The van der Waals surface area contributed by atoms with Gasteiger partial charge in [-0.15, -0.1) is 6.58 Å². The lowest BCUT2D eigenvalue weighted by Crippen LogP contribution is -2.23. The second kappa shape index (κ2) is 7.39. The molecule has 0 N–H and O–H groups in total. The van der Waals surface area contributed by atoms with Crippen LogP contribution >= 0.6 is 0 Å². The first-order valence-electron chi connectivity index (χ1n) is 8.16. The zero-order valence-electron chi connectivity index (χ0n) is 14.1. The summed E-state index contributed by atoms with van der Waals surface area (Å²) in [6.07, 6.45) is -1.20. The van der Waals surface area contributed by atoms with Gasteiger partial charge in [0.25, 0.3) is 0 Å². The first-order chi connectivity index (χ1) is 12.8. The smallest absolute Gasteiger partial charge is 0.429 e. The predicted molar refractivity (Wildman–Crippen MR) is 93.3 cm³/mol. The van der Waals surface area contributed by atoms with Crippen LogP contribution in [-0.4, -0.2) is 0 Å². The molecule has 0 bridgehead atoms. The Bertz CT molecular complexity index is 997. The van der Waals surface area contributed by atoms with Gasteiger partial charge in [0.2, 0.25) is 0 Å². The molecule has 0 amide bonds. The van der Waals surface area contributed by atoms with Gasteiger partial charge in [0.1, 0.15) is 11.6 Å². The summed E-state index contributed by atoms with van der Waals surface area (Å²) in [4.78, 5) is 0. The maximum absolute atomic E-state index is 14.4. The lowest BCUT2D eigenvalue weighted by atomic mass is 10.1. The van der Waals surface area contributed by atoms with Gasteiger partial charge in [0, 0.05) is 5.39 Å². The zero-order valence-corrected chi connectivity index (χ0v) is 14.1. The van der Waals surface area contributed by atoms with Gasteiger partial charge in [-0.25, -0.2) is 13.2 Å². The minimum Gasteiger partial charge on any atom is -0.429 e. The number of alkyl halides is 2. The van der Waals surface area contributed by atoms with Crippen molar-refractivity contribution in [2.45, 2.75) is 19.0 Å². The monoisotopic (exact) mass is 378 g/mol. The molecule has 3 aromatic rings. The van der Waals surface area contributed by atoms with E-state index in [2.05, 4.69) is 11.3 Å². The number of ether oxygens (including phenoxy) is 1. The topological polar surface area (TPSA) is 9.23 Å². The molecule has 0 unspecified atom stereocenters. The number of hydrogen-bond donors (Lipinski definition) is 0. The summed E-state index contributed by atoms with van der Waals surface area (Å²) in [5.74, 6) is -3.50. The van der Waals surface area contributed by atoms with E-state index in [-0.39, 0.29) is 16.5 Å². The van der Waals surface area contributed by atoms with Crippen molar-refractivity contribution < 1.29 is 26.7 Å². The zero-order chi connectivity index (χ0) is 19.6. The van der Waals surface area contributed by atoms with Gasteiger partial charge in [0.05, 0.1) is 5.56 Å². The van der Waals surface area contributed by atoms with Crippen LogP contribution in [0.25, 0.3) is 10.8 Å². The Morgan fingerprint density at radius 3 is 2.41 bits per heavy atom. The summed E-state index contributed by atoms with van der Waals surface area (Å²) in [6.45, 7) is 3.56. The number of allylic oxidation sites excluding steroid dienone is 1. The number of fused-ring (bicyclic) bond motifs is 1. The van der Waals surface area contributed by atoms with Gasteiger partial charge < -0.3 is 4.74 Å². The van der Waals surface area contributed by atoms with Gasteiger partial charge in [-0.2, -0.15) is 8.78 Å². The van der Waals surface area contributed by atoms with E-state index < -0.39 is 29.1 Å². The summed E-state index contributed by atoms with van der Waals surface area (Å²) in [5, 5.41) is 0.117. The maximum Gasteiger partial charge on any atom is 0.429 e. The van der Waals surface area contributed by atoms with Crippen LogP contribution in [0.2, 0.25) is 0 Å². The normalized spacial score (nSPS) is 11.6. The number of aryl methyl sites for hydroxylation is 1. The van der Waals surface area contributed by atoms with Crippen molar-refractivity contribution in [1.82, 2.24) is 0 Å². The predicted octanol–water partition coefficient (Wildman–Crippen LogP) is 6.50. The summed E-state index contributed by atoms with van der Waals surface area (Å²) in [6, 6.07) is 8.90. The number of halogens is 5. The maximum atomic E-state index is 14.4. The van der Waals surface area contributed by atoms with Crippen LogP contribution in [0.1, 0.15) is 17.5 Å². The SMILES string of the molecule is C=CCCc1ccc(C(F)(F)Oc2ccc3c(F)c(F)ccc3c2)c(F)c1. The van der Waals surface area contributed by atoms with Crippen LogP contribution in [0.4, 0.5) is 22.0 Å². The Morgan fingerprint density at radius 1 is 0.926 bits per heavy atom. The Kier molecular flexibility index (Phi) is 5.17. The fourth-order valence-electron chi connectivity index (χ4n) is 2.73. The molecular formula is C21H15F5O. The second-order valence-corrected chi connectivity index (χ2v) is 6.00. The van der Waals surface area contributed by atoms with Gasteiger partial charge >= 0.3 is 6.11 Å². The van der Waals surface area contributed by atoms with E-state index in [0.717, 1.165) is 36.4 Å². The van der Waals surface area contributed by atoms with Crippen molar-refractivity contribution >= 4 is 10.8 Å². The van der Waals surface area contributed by atoms with Crippen LogP contribution in [0.3, 0.4) is 0 Å². The van der Waals surface area contributed by atoms with E-state index in [1.165, 1.54) is 12.1 Å². The van der Waals surface area contributed by atoms with Crippen molar-refractivity contribution in [3.63, 3.8) is 0 Å². The molecule has 3 rings (SSSR count). The van der Waals surface area contributed by atoms with E-state index in [1.807, 2.05) is 0 Å². The number of rotatable bonds is 6. The molecule has 0 saturated carbocycles. The molecule has 0 atom stereocenters. The lowest BCUT2D eigenvalue weighted by Gasteiger charge is -2.19. The molecule has 0 fully saturated rings. The van der Waals surface area contributed by atoms with E-state index in [4.69, 9.17) is 0 Å². The van der Waals surface area contributed by atoms with E-state index >= 15 is 0 Å². The van der Waals surface area contributed by atoms with E-state index in [1.54, 1.807) is 6.08 Å². The molecule has 27 heavy (non-hydrogen) atoms. The molecule has 0 radical (unpaired) electrons. The summed E-state index contributed by atoms with van der Waals surface area (Å²) >= 11 is 0. The minimum atomic E-state index is -3.94. The fourth-order valence-corrected chi connectivity index (χ4v) is 2.73. The van der Waals surface area contributed by atoms with E-state index in [9.17, 15) is 22.0 Å². The lowest BCUT2D eigenvalue weighted by molar-refractivity contribution is -0.187. The quantitative estimate of drug-likeness (QED) is 0.351. The van der Waals surface area contributed by atoms with Crippen molar-refractivity contribution in [3.05, 3.63) is 89.8 Å². The van der Waals surface area contributed by atoms with Crippen LogP contribution in [0.15, 0.2) is 61.2 Å². The average molecular weight is 378 g/mol. The molecule has 0 aliphatic rings. The molecule has 0 spiro atoms. The third-order valence-electron chi connectivity index (χ3n) is 4.11. The van der Waals surface area contributed by atoms with Crippen molar-refractivity contribution in [3.8, 4) is 5.75 Å². The molecule has 0 aliphatic carbocycles. The van der Waals surface area contributed by atoms with Crippen LogP contribution in [0, 0.1) is 17.5 Å². The molecule has 0 saturated heterocycles. The highest BCUT2D eigenvalue weighted by atomic mass is 19.3. The molecular weight excluding hydrogens is 363 g/mol. The van der Waals surface area contributed by atoms with Crippen molar-refractivity contribution in [1.29, 1.82) is 0 Å². The Morgan fingerprint density at radius 2 is 1.70 bits per heavy atom. The Hall–Kier alpha value is -2.89. The van der Waals surface area contributed by atoms with Crippen LogP contribution in [0.5, 0.6) is 5.75 Å². The van der Waals surface area contributed by atoms with Gasteiger partial charge in [-0.05, 0) is 60.2 Å². The van der Waals surface area contributed by atoms with Gasteiger partial charge in [0.15, 0.2) is 11.6 Å². The third kappa shape index (κ3) is 3.94. The fraction of sp³-hybridized carbons (Fsp3) is 0.143. The van der Waals surface area contributed by atoms with E-state index in [0.29, 0.717) is 18.4 Å². The average Bonchev–Trinajstić information content (AvgIpc) is 2.62. The first kappa shape index (κ1) is 18.9. The largest absolute Gasteiger partial charge is 0.429 e. The molecule has 0 aliphatic heterocycles. The minimum absolute atomic E-state index is 0.0663. The Labute approximate surface area is 152 Å². The summed E-state index contributed by atoms with van der Waals surface area (Å²) < 4.78 is 74.6. The first-order valence-corrected chi connectivity index (χ1v) is 8.16. The summed E-state index contributed by atoms with van der Waals surface area (Å²) in [5.41, 5.74) is -0.342. The molecule has 3 aromatic carbocycles. The Balaban J connectivity index is 1.88. The number of hydrogen-bond acceptors (Lipinski definition) is 1. The van der Waals surface area contributed by atoms with Gasteiger partial charge in [-0.3, -0.25) is 0 Å². The molecule has 0 heterocycles. The highest BCUT2D eigenvalue weighted by molar-refractivity contribution is 5.84. The van der Waals surface area contributed by atoms with Crippen LogP contribution < -0.4 is 4.74 Å². The molecule has 140 valence electrons. The van der Waals surface area contributed by atoms with Crippen molar-refractivity contribution in [2.75, 3.05) is 0 Å². The number of benzene rings is 3. The highest BCUT2D eigenvalue weighted by Crippen LogP contribution is 2.35. The highest BCUT2D eigenvalue weighted by Gasteiger charge is 2.37. The van der Waals surface area contributed by atoms with Crippen molar-refractivity contribution in [2.24, 2.45) is 0 Å². The summed E-state index contributed by atoms with van der Waals surface area (Å²) in [7, 11) is 0. The molecule has 0 aromatic heterocycles. The van der Waals surface area contributed by atoms with Gasteiger partial charge in [-0.1, -0.05) is 18.2 Å². The third-order valence-corrected chi connectivity index (χ3v) is 4.11. The standard InChI is InChI=1S/C21H15F5O/c1-2-3-4-13-5-9-17(19(23)11-13)21(25,26)27-15-7-8-16-14(12-15)6-10-18(22)20(16)24/h2,5-12H,1,3-4H2. The second-order valence-electron chi connectivity index (χ2n) is 6.00. The van der Waals surface area contributed by atoms with Crippen LogP contribution in [-0.2, 0) is 12.5 Å². The molecule has 6 heteroatoms. The molecule has 1 nitrogen and oxygen atoms in total.